The van der Waals surface area contributed by atoms with Gasteiger partial charge < -0.3 is 4.74 Å². The molecule has 10 heavy (non-hydrogen) atoms. The van der Waals surface area contributed by atoms with Gasteiger partial charge in [0.1, 0.15) is 5.75 Å². The van der Waals surface area contributed by atoms with Crippen molar-refractivity contribution in [1.82, 2.24) is 0 Å². The summed E-state index contributed by atoms with van der Waals surface area (Å²) in [6.45, 7) is 0. The van der Waals surface area contributed by atoms with Crippen molar-refractivity contribution in [2.45, 2.75) is 0 Å². The Bertz CT molecular complexity index is 193. The van der Waals surface area contributed by atoms with Crippen LogP contribution in [0.25, 0.3) is 0 Å². The Labute approximate surface area is 70.6 Å². The van der Waals surface area contributed by atoms with Crippen LogP contribution in [0.1, 0.15) is 0 Å². The van der Waals surface area contributed by atoms with Gasteiger partial charge in [-0.3, -0.25) is 0 Å². The first-order valence-electron chi connectivity index (χ1n) is 2.79. The van der Waals surface area contributed by atoms with Crippen LogP contribution in [0.15, 0.2) is 24.3 Å². The number of ether oxygens (including phenoxy) is 1. The fourth-order valence-electron chi connectivity index (χ4n) is 0.647. The van der Waals surface area contributed by atoms with Crippen LogP contribution < -0.4 is 26.4 Å². The van der Waals surface area contributed by atoms with E-state index in [1.807, 2.05) is 24.3 Å². The molecule has 0 bridgehead atoms. The number of halogens is 1. The van der Waals surface area contributed by atoms with E-state index in [0.717, 1.165) is 9.32 Å². The minimum atomic E-state index is -0.794. The lowest BCUT2D eigenvalue weighted by Crippen LogP contribution is -3.61. The van der Waals surface area contributed by atoms with Gasteiger partial charge in [0.15, 0.2) is 0 Å². The minimum absolute atomic E-state index is 0.794. The monoisotopic (exact) mass is 251 g/mol. The molecule has 0 aliphatic heterocycles. The summed E-state index contributed by atoms with van der Waals surface area (Å²) in [6.07, 6.45) is 0. The van der Waals surface area contributed by atoms with Gasteiger partial charge in [-0.2, -0.15) is 3.44 Å². The van der Waals surface area contributed by atoms with Crippen LogP contribution >= 0.6 is 0 Å². The van der Waals surface area contributed by atoms with Crippen LogP contribution in [0, 0.1) is 3.57 Å². The molecule has 0 aliphatic carbocycles. The quantitative estimate of drug-likeness (QED) is 0.608. The molecular weight excluding hydrogens is 243 g/mol. The van der Waals surface area contributed by atoms with Gasteiger partial charge in [-0.05, 0) is 12.1 Å². The van der Waals surface area contributed by atoms with E-state index < -0.39 is 21.6 Å². The lowest BCUT2D eigenvalue weighted by molar-refractivity contribution is -0.866. The van der Waals surface area contributed by atoms with Gasteiger partial charge in [0.2, 0.25) is 3.57 Å². The maximum Gasteiger partial charge on any atom is 0.519 e. The molecule has 0 aliphatic rings. The van der Waals surface area contributed by atoms with Crippen molar-refractivity contribution in [3.8, 4) is 5.75 Å². The van der Waals surface area contributed by atoms with Gasteiger partial charge in [0.05, 0.1) is 7.11 Å². The molecule has 1 aromatic rings. The minimum Gasteiger partial charge on any atom is -0.497 e. The summed E-state index contributed by atoms with van der Waals surface area (Å²) >= 11 is -0.794. The summed E-state index contributed by atoms with van der Waals surface area (Å²) in [6, 6.07) is 7.50. The third-order valence-electron chi connectivity index (χ3n) is 1.13. The highest BCUT2D eigenvalue weighted by molar-refractivity contribution is 5.20. The average Bonchev–Trinajstić information content (AvgIpc) is 2.05. The van der Waals surface area contributed by atoms with Crippen LogP contribution in [0.4, 0.5) is 0 Å². The van der Waals surface area contributed by atoms with Gasteiger partial charge in [-0.25, -0.2) is 0 Å². The molecule has 54 valence electrons. The van der Waals surface area contributed by atoms with Gasteiger partial charge >= 0.3 is 21.6 Å². The van der Waals surface area contributed by atoms with E-state index >= 15 is 0 Å². The lowest BCUT2D eigenvalue weighted by Gasteiger charge is -1.94. The molecule has 1 rings (SSSR count). The van der Waals surface area contributed by atoms with Crippen molar-refractivity contribution in [3.05, 3.63) is 27.8 Å². The van der Waals surface area contributed by atoms with Crippen LogP contribution in [-0.2, 0) is 0 Å². The SMILES string of the molecule is COc1cccc([I+]O)c1. The third-order valence-corrected chi connectivity index (χ3v) is 2.36. The van der Waals surface area contributed by atoms with Crippen LogP contribution in [0.2, 0.25) is 0 Å². The molecule has 1 aromatic carbocycles. The Morgan fingerprint density at radius 3 is 2.90 bits per heavy atom. The molecule has 0 aromatic heterocycles. The van der Waals surface area contributed by atoms with E-state index in [4.69, 9.17) is 8.17 Å². The summed E-state index contributed by atoms with van der Waals surface area (Å²) < 4.78 is 14.8. The zero-order chi connectivity index (χ0) is 7.40. The topological polar surface area (TPSA) is 29.5 Å². The molecule has 3 heteroatoms. The molecule has 0 unspecified atom stereocenters. The number of hydrogen-bond donors (Lipinski definition) is 1. The highest BCUT2D eigenvalue weighted by atomic mass is 127. The van der Waals surface area contributed by atoms with Crippen LogP contribution in [-0.4, -0.2) is 10.5 Å². The van der Waals surface area contributed by atoms with Crippen molar-refractivity contribution in [3.63, 3.8) is 0 Å². The summed E-state index contributed by atoms with van der Waals surface area (Å²) in [5, 5.41) is 0. The molecule has 0 spiro atoms. The highest BCUT2D eigenvalue weighted by Crippen LogP contribution is 2.05. The largest absolute Gasteiger partial charge is 0.519 e. The molecule has 2 nitrogen and oxygen atoms in total. The fraction of sp³-hybridized carbons (Fsp3) is 0.143. The Hall–Kier alpha value is -0.290. The number of methoxy groups -OCH3 is 1. The number of benzene rings is 1. The van der Waals surface area contributed by atoms with Gasteiger partial charge in [0, 0.05) is 6.07 Å². The van der Waals surface area contributed by atoms with Crippen molar-refractivity contribution in [2.24, 2.45) is 0 Å². The number of rotatable bonds is 2. The molecule has 1 N–H and O–H groups in total. The zero-order valence-corrected chi connectivity index (χ0v) is 7.70. The summed E-state index contributed by atoms with van der Waals surface area (Å²) in [7, 11) is 1.62. The Morgan fingerprint density at radius 1 is 1.50 bits per heavy atom. The molecule has 0 radical (unpaired) electrons. The fourth-order valence-corrected chi connectivity index (χ4v) is 1.46. The van der Waals surface area contributed by atoms with E-state index in [0.29, 0.717) is 0 Å². The molecule has 0 heterocycles. The smallest absolute Gasteiger partial charge is 0.497 e. The van der Waals surface area contributed by atoms with E-state index in [2.05, 4.69) is 0 Å². The Balaban J connectivity index is 2.87. The summed E-state index contributed by atoms with van der Waals surface area (Å²) in [5.41, 5.74) is 0. The predicted octanol–water partition coefficient (Wildman–Crippen LogP) is -2.14. The summed E-state index contributed by atoms with van der Waals surface area (Å²) in [4.78, 5) is 0. The second-order valence-electron chi connectivity index (χ2n) is 1.75. The van der Waals surface area contributed by atoms with Gasteiger partial charge in [-0.1, -0.05) is 6.07 Å². The van der Waals surface area contributed by atoms with Crippen LogP contribution in [0.5, 0.6) is 5.75 Å². The zero-order valence-electron chi connectivity index (χ0n) is 5.54. The normalized spacial score (nSPS) is 9.40. The molecule has 0 atom stereocenters. The predicted molar refractivity (Wildman–Crippen MR) is 33.9 cm³/mol. The average molecular weight is 251 g/mol. The Kier molecular flexibility index (Phi) is 2.95. The maximum absolute atomic E-state index is 8.81. The highest BCUT2D eigenvalue weighted by Gasteiger charge is 2.07. The van der Waals surface area contributed by atoms with E-state index in [9.17, 15) is 0 Å². The molecule has 0 fully saturated rings. The second-order valence-corrected chi connectivity index (χ2v) is 3.47. The van der Waals surface area contributed by atoms with Crippen molar-refractivity contribution < 1.29 is 29.8 Å². The molecular formula is C7H8IO2+. The first-order chi connectivity index (χ1) is 4.86. The van der Waals surface area contributed by atoms with E-state index in [1.165, 1.54) is 0 Å². The second kappa shape index (κ2) is 3.78. The lowest BCUT2D eigenvalue weighted by atomic mass is 10.3. The molecule has 0 saturated carbocycles. The van der Waals surface area contributed by atoms with E-state index in [1.54, 1.807) is 7.11 Å². The first kappa shape index (κ1) is 7.81. The Morgan fingerprint density at radius 2 is 2.30 bits per heavy atom. The van der Waals surface area contributed by atoms with Crippen molar-refractivity contribution in [2.75, 3.05) is 7.11 Å². The molecule has 0 saturated heterocycles. The van der Waals surface area contributed by atoms with E-state index in [-0.39, 0.29) is 0 Å². The third kappa shape index (κ3) is 1.85. The van der Waals surface area contributed by atoms with Crippen molar-refractivity contribution in [1.29, 1.82) is 0 Å². The summed E-state index contributed by atoms with van der Waals surface area (Å²) in [5.74, 6) is 0.811. The van der Waals surface area contributed by atoms with Crippen molar-refractivity contribution >= 4 is 0 Å². The standard InChI is InChI=1S/C7H8IO2/c1-10-7-4-2-3-6(5-7)8-9/h2-5,9H,1H3/q+1. The first-order valence-corrected chi connectivity index (χ1v) is 4.84. The molecule has 0 amide bonds. The number of hydrogen-bond acceptors (Lipinski definition) is 2. The van der Waals surface area contributed by atoms with Gasteiger partial charge in [0.25, 0.3) is 0 Å². The van der Waals surface area contributed by atoms with Crippen LogP contribution in [0.3, 0.4) is 0 Å². The van der Waals surface area contributed by atoms with Gasteiger partial charge in [-0.15, -0.1) is 0 Å². The maximum atomic E-state index is 8.81.